The number of aromatic carboxylic acids is 1. The first-order chi connectivity index (χ1) is 17.6. The molecule has 3 aromatic carbocycles. The maximum absolute atomic E-state index is 14.0. The van der Waals surface area contributed by atoms with E-state index in [0.717, 1.165) is 46.0 Å². The molecule has 1 heterocycles. The van der Waals surface area contributed by atoms with Gasteiger partial charge in [-0.15, -0.1) is 11.3 Å². The standard InChI is InChI=1S/C26H21F4NO5S2.Na/c1-25(2,34)22-18-5-3-4-6-21(18)37-23(22)31(14-15-7-12-20(27)19(13-15)26(28,29)30)38(35,36)17-10-8-16(9-11-17)24(32)33;/h3-13,34H,14H2,1-2H3,(H,32,33);/q;+1/p-1. The average molecular weight is 590 g/mol. The summed E-state index contributed by atoms with van der Waals surface area (Å²) in [6, 6.07) is 13.1. The predicted octanol–water partition coefficient (Wildman–Crippen LogP) is 2.05. The number of thiophene rings is 1. The number of sulfonamides is 1. The van der Waals surface area contributed by atoms with Gasteiger partial charge in [-0.3, -0.25) is 4.31 Å². The number of alkyl halides is 3. The van der Waals surface area contributed by atoms with Crippen LogP contribution in [-0.4, -0.2) is 19.5 Å². The van der Waals surface area contributed by atoms with E-state index < -0.39 is 45.7 Å². The SMILES string of the molecule is CC(C)(O)c1c(N(Cc2ccc(F)c(C(F)(F)F)c2)S(=O)(=O)c2ccc(C(=O)[O-])cc2)sc2ccccc12.[Na+]. The summed E-state index contributed by atoms with van der Waals surface area (Å²) in [5.74, 6) is -3.03. The number of benzene rings is 3. The van der Waals surface area contributed by atoms with Gasteiger partial charge in [-0.05, 0) is 55.3 Å². The zero-order valence-corrected chi connectivity index (χ0v) is 24.5. The van der Waals surface area contributed by atoms with Crippen molar-refractivity contribution in [3.05, 3.63) is 94.8 Å². The van der Waals surface area contributed by atoms with Crippen molar-refractivity contribution in [3.8, 4) is 0 Å². The summed E-state index contributed by atoms with van der Waals surface area (Å²) in [4.78, 5) is 10.8. The second kappa shape index (κ2) is 11.2. The molecule has 1 N–H and O–H groups in total. The van der Waals surface area contributed by atoms with Crippen LogP contribution in [0.1, 0.15) is 40.9 Å². The van der Waals surface area contributed by atoms with E-state index in [1.165, 1.54) is 13.8 Å². The van der Waals surface area contributed by atoms with Crippen LogP contribution < -0.4 is 39.0 Å². The molecule has 200 valence electrons. The van der Waals surface area contributed by atoms with E-state index in [2.05, 4.69) is 0 Å². The number of hydrogen-bond acceptors (Lipinski definition) is 6. The Hall–Kier alpha value is -2.48. The molecular formula is C26H20F4NNaO5S2. The Labute approximate surface area is 247 Å². The number of carbonyl (C=O) groups excluding carboxylic acids is 1. The van der Waals surface area contributed by atoms with E-state index in [4.69, 9.17) is 0 Å². The number of anilines is 1. The molecular weight excluding hydrogens is 569 g/mol. The molecule has 13 heteroatoms. The number of carboxylic acids is 1. The van der Waals surface area contributed by atoms with Gasteiger partial charge in [-0.1, -0.05) is 36.4 Å². The Bertz CT molecular complexity index is 1630. The number of hydrogen-bond donors (Lipinski definition) is 1. The second-order valence-corrected chi connectivity index (χ2v) is 11.9. The van der Waals surface area contributed by atoms with Gasteiger partial charge in [-0.2, -0.15) is 13.2 Å². The summed E-state index contributed by atoms with van der Waals surface area (Å²) in [5.41, 5.74) is -3.33. The summed E-state index contributed by atoms with van der Waals surface area (Å²) in [7, 11) is -4.54. The van der Waals surface area contributed by atoms with Gasteiger partial charge >= 0.3 is 35.7 Å². The summed E-state index contributed by atoms with van der Waals surface area (Å²) in [5, 5.41) is 22.7. The molecule has 0 aliphatic rings. The van der Waals surface area contributed by atoms with E-state index in [9.17, 15) is 41.0 Å². The molecule has 0 bridgehead atoms. The van der Waals surface area contributed by atoms with E-state index in [0.29, 0.717) is 22.2 Å². The van der Waals surface area contributed by atoms with Crippen molar-refractivity contribution >= 4 is 42.4 Å². The fourth-order valence-corrected chi connectivity index (χ4v) is 7.04. The Balaban J connectivity index is 0.00000420. The first kappa shape index (κ1) is 31.1. The molecule has 0 aliphatic carbocycles. The molecule has 0 unspecified atom stereocenters. The Kier molecular flexibility index (Phi) is 8.90. The zero-order valence-electron chi connectivity index (χ0n) is 20.9. The quantitative estimate of drug-likeness (QED) is 0.263. The Morgan fingerprint density at radius 2 is 1.64 bits per heavy atom. The summed E-state index contributed by atoms with van der Waals surface area (Å²) >= 11 is 1.01. The molecule has 0 atom stereocenters. The van der Waals surface area contributed by atoms with Crippen LogP contribution in [0.5, 0.6) is 0 Å². The minimum absolute atomic E-state index is 0. The number of carbonyl (C=O) groups is 1. The van der Waals surface area contributed by atoms with E-state index in [1.807, 2.05) is 0 Å². The largest absolute Gasteiger partial charge is 1.00 e. The smallest absolute Gasteiger partial charge is 0.545 e. The van der Waals surface area contributed by atoms with Gasteiger partial charge in [0.15, 0.2) is 0 Å². The molecule has 0 fully saturated rings. The number of nitrogens with zero attached hydrogens (tertiary/aromatic N) is 1. The molecule has 0 spiro atoms. The topological polar surface area (TPSA) is 97.7 Å². The van der Waals surface area contributed by atoms with Crippen LogP contribution in [-0.2, 0) is 28.3 Å². The number of halogens is 4. The van der Waals surface area contributed by atoms with Gasteiger partial charge in [0.2, 0.25) is 0 Å². The molecule has 1 aromatic heterocycles. The molecule has 0 amide bonds. The van der Waals surface area contributed by atoms with Crippen LogP contribution in [0.25, 0.3) is 10.1 Å². The summed E-state index contributed by atoms with van der Waals surface area (Å²) in [6.07, 6.45) is -5.01. The normalized spacial score (nSPS) is 12.3. The third-order valence-corrected chi connectivity index (χ3v) is 8.82. The van der Waals surface area contributed by atoms with Crippen molar-refractivity contribution in [1.82, 2.24) is 0 Å². The van der Waals surface area contributed by atoms with Crippen LogP contribution >= 0.6 is 11.3 Å². The fraction of sp³-hybridized carbons (Fsp3) is 0.192. The molecule has 4 rings (SSSR count). The first-order valence-electron chi connectivity index (χ1n) is 11.0. The van der Waals surface area contributed by atoms with Crippen molar-refractivity contribution in [2.75, 3.05) is 4.31 Å². The van der Waals surface area contributed by atoms with Crippen LogP contribution in [0, 0.1) is 5.82 Å². The fourth-order valence-electron chi connectivity index (χ4n) is 4.01. The first-order valence-corrected chi connectivity index (χ1v) is 13.3. The third-order valence-electron chi connectivity index (χ3n) is 5.76. The van der Waals surface area contributed by atoms with Crippen molar-refractivity contribution in [2.24, 2.45) is 0 Å². The maximum Gasteiger partial charge on any atom is 1.00 e. The van der Waals surface area contributed by atoms with Gasteiger partial charge in [0.1, 0.15) is 10.8 Å². The number of aliphatic hydroxyl groups is 1. The van der Waals surface area contributed by atoms with Crippen molar-refractivity contribution in [1.29, 1.82) is 0 Å². The van der Waals surface area contributed by atoms with E-state index >= 15 is 0 Å². The third kappa shape index (κ3) is 6.31. The van der Waals surface area contributed by atoms with Crippen LogP contribution in [0.15, 0.2) is 71.6 Å². The van der Waals surface area contributed by atoms with Crippen LogP contribution in [0.2, 0.25) is 0 Å². The van der Waals surface area contributed by atoms with Crippen molar-refractivity contribution in [3.63, 3.8) is 0 Å². The molecule has 0 saturated carbocycles. The van der Waals surface area contributed by atoms with Gasteiger partial charge in [0.05, 0.1) is 28.6 Å². The van der Waals surface area contributed by atoms with Crippen LogP contribution in [0.3, 0.4) is 0 Å². The molecule has 0 radical (unpaired) electrons. The zero-order chi connectivity index (χ0) is 28.0. The van der Waals surface area contributed by atoms with Gasteiger partial charge < -0.3 is 15.0 Å². The maximum atomic E-state index is 14.0. The Morgan fingerprint density at radius 1 is 1.03 bits per heavy atom. The van der Waals surface area contributed by atoms with Crippen molar-refractivity contribution in [2.45, 2.75) is 37.1 Å². The summed E-state index contributed by atoms with van der Waals surface area (Å²) < 4.78 is 83.4. The van der Waals surface area contributed by atoms with Crippen molar-refractivity contribution < 1.29 is 70.5 Å². The minimum Gasteiger partial charge on any atom is -0.545 e. The van der Waals surface area contributed by atoms with E-state index in [1.54, 1.807) is 24.3 Å². The average Bonchev–Trinajstić information content (AvgIpc) is 3.22. The molecule has 0 aliphatic heterocycles. The summed E-state index contributed by atoms with van der Waals surface area (Å²) in [6.45, 7) is 2.26. The van der Waals surface area contributed by atoms with E-state index in [-0.39, 0.29) is 56.1 Å². The van der Waals surface area contributed by atoms with Gasteiger partial charge in [0.25, 0.3) is 10.0 Å². The van der Waals surface area contributed by atoms with Gasteiger partial charge in [0, 0.05) is 15.6 Å². The molecule has 39 heavy (non-hydrogen) atoms. The van der Waals surface area contributed by atoms with Gasteiger partial charge in [-0.25, -0.2) is 12.8 Å². The monoisotopic (exact) mass is 589 g/mol. The molecule has 0 saturated heterocycles. The Morgan fingerprint density at radius 3 is 2.21 bits per heavy atom. The molecule has 6 nitrogen and oxygen atoms in total. The number of rotatable bonds is 7. The number of fused-ring (bicyclic) bond motifs is 1. The minimum atomic E-state index is -5.01. The van der Waals surface area contributed by atoms with Crippen LogP contribution in [0.4, 0.5) is 22.6 Å². The second-order valence-electron chi connectivity index (χ2n) is 8.97. The molecule has 4 aromatic rings. The predicted molar refractivity (Wildman–Crippen MR) is 133 cm³/mol. The number of carboxylic acid groups (broad SMARTS) is 1.